The van der Waals surface area contributed by atoms with E-state index in [-0.39, 0.29) is 0 Å². The molecule has 0 saturated heterocycles. The number of nitrogens with zero attached hydrogens (tertiary/aromatic N) is 16. The number of rotatable bonds is 0. The number of fused-ring (bicyclic) bond motifs is 8. The molecule has 0 aliphatic carbocycles. The van der Waals surface area contributed by atoms with E-state index in [1.165, 1.54) is 135 Å². The molecule has 0 aliphatic heterocycles. The van der Waals surface area contributed by atoms with Gasteiger partial charge in [0.05, 0.1) is 113 Å². The third-order valence-electron chi connectivity index (χ3n) is 20.6. The summed E-state index contributed by atoms with van der Waals surface area (Å²) < 4.78 is 74.8. The van der Waals surface area contributed by atoms with Crippen LogP contribution in [0.15, 0.2) is 194 Å². The van der Waals surface area contributed by atoms with Crippen LogP contribution in [-0.4, -0.2) is 66.1 Å². The highest BCUT2D eigenvalue weighted by molar-refractivity contribution is 6.27. The number of imidazole rings is 8. The van der Waals surface area contributed by atoms with Crippen molar-refractivity contribution in [2.45, 2.75) is 55.4 Å². The second-order valence-corrected chi connectivity index (χ2v) is 26.3. The summed E-state index contributed by atoms with van der Waals surface area (Å²) in [4.78, 5) is 0. The maximum Gasteiger partial charge on any atom is 0.253 e. The zero-order chi connectivity index (χ0) is 84.0. The molecule has 0 saturated carbocycles. The van der Waals surface area contributed by atoms with E-state index in [1.807, 2.05) is 0 Å². The second kappa shape index (κ2) is 42.0. The number of aryl methyl sites for hydroxylation is 16. The van der Waals surface area contributed by atoms with Gasteiger partial charge in [-0.1, -0.05) is 97.1 Å². The molecule has 592 valence electrons. The van der Waals surface area contributed by atoms with Gasteiger partial charge in [0, 0.05) is 55.4 Å². The van der Waals surface area contributed by atoms with Crippen molar-refractivity contribution in [3.05, 3.63) is 241 Å². The first kappa shape index (κ1) is 91.8. The number of benzene rings is 8. The third-order valence-corrected chi connectivity index (χ3v) is 20.6. The van der Waals surface area contributed by atoms with E-state index in [0.29, 0.717) is 0 Å². The Bertz CT molecular complexity index is 4390. The highest BCUT2D eigenvalue weighted by atomic mass is 19.1. The summed E-state index contributed by atoms with van der Waals surface area (Å²) in [5.74, 6) is 10.2. The monoisotopic (exact) mass is 1540 g/mol. The minimum Gasteiger partial charge on any atom is -0.867 e. The first-order chi connectivity index (χ1) is 52.6. The Hall–Kier alpha value is -10.8. The van der Waals surface area contributed by atoms with Gasteiger partial charge in [0.1, 0.15) is 29.6 Å². The van der Waals surface area contributed by atoms with Crippen molar-refractivity contribution < 1.29 is 94.0 Å². The topological polar surface area (TPSA) is 255 Å². The Balaban J connectivity index is 0.000000223. The van der Waals surface area contributed by atoms with Crippen LogP contribution in [0, 0.1) is 55.4 Å². The standard InChI is InChI=1S/8C10H13N2.4BFO2/c8*1-8-11(2)9-6-4-5-7-10(9)12(8)3;4*2-1(3)4/h8*4-7H,1-3H3;;;;/q8*+1;4*-2. The van der Waals surface area contributed by atoms with Gasteiger partial charge in [-0.3, -0.25) is 0 Å². The molecule has 16 aromatic rings. The lowest BCUT2D eigenvalue weighted by atomic mass is 10.3. The summed E-state index contributed by atoms with van der Waals surface area (Å²) in [7, 11) is 20.9. The van der Waals surface area contributed by atoms with Gasteiger partial charge in [-0.25, -0.2) is 73.1 Å². The van der Waals surface area contributed by atoms with E-state index in [9.17, 15) is 17.3 Å². The van der Waals surface area contributed by atoms with Gasteiger partial charge in [0.15, 0.2) is 88.3 Å². The van der Waals surface area contributed by atoms with Crippen LogP contribution in [0.5, 0.6) is 0 Å². The maximum absolute atomic E-state index is 9.89. The number of hydrogen-bond acceptors (Lipinski definition) is 8. The van der Waals surface area contributed by atoms with E-state index < -0.39 is 29.6 Å². The highest BCUT2D eigenvalue weighted by Crippen LogP contribution is 2.17. The minimum absolute atomic E-state index is 1.27. The molecule has 24 nitrogen and oxygen atoms in total. The molecule has 8 aromatic heterocycles. The van der Waals surface area contributed by atoms with Crippen LogP contribution < -0.4 is 76.7 Å². The quantitative estimate of drug-likeness (QED) is 0.121. The van der Waals surface area contributed by atoms with Crippen molar-refractivity contribution in [1.29, 1.82) is 0 Å². The van der Waals surface area contributed by atoms with Crippen molar-refractivity contribution in [1.82, 2.24) is 36.5 Å². The van der Waals surface area contributed by atoms with E-state index in [1.54, 1.807) is 0 Å². The minimum atomic E-state index is -3.17. The van der Waals surface area contributed by atoms with Crippen molar-refractivity contribution in [2.75, 3.05) is 0 Å². The summed E-state index contributed by atoms with van der Waals surface area (Å²) in [6.45, 7) is 17.0. The van der Waals surface area contributed by atoms with E-state index in [0.717, 1.165) is 0 Å². The first-order valence-corrected chi connectivity index (χ1v) is 35.7. The summed E-state index contributed by atoms with van der Waals surface area (Å²) in [6, 6.07) is 67.4. The second-order valence-electron chi connectivity index (χ2n) is 26.3. The van der Waals surface area contributed by atoms with Crippen LogP contribution in [0.25, 0.3) is 88.3 Å². The van der Waals surface area contributed by atoms with Crippen LogP contribution in [0.1, 0.15) is 46.6 Å². The number of halogens is 4. The normalized spacial score (nSPS) is 10.3. The smallest absolute Gasteiger partial charge is 0.253 e. The highest BCUT2D eigenvalue weighted by Gasteiger charge is 2.21. The molecule has 0 aliphatic rings. The molecule has 0 unspecified atom stereocenters. The molecular formula is C80H104B4F4N16O8. The first-order valence-electron chi connectivity index (χ1n) is 35.7. The van der Waals surface area contributed by atoms with Crippen molar-refractivity contribution in [3.63, 3.8) is 0 Å². The molecule has 8 aromatic carbocycles. The summed E-state index contributed by atoms with van der Waals surface area (Å²) in [5, 5.41) is 66.4. The Morgan fingerprint density at radius 1 is 0.188 bits per heavy atom. The summed E-state index contributed by atoms with van der Waals surface area (Å²) in [6.07, 6.45) is 0. The molecule has 32 heteroatoms. The van der Waals surface area contributed by atoms with Crippen molar-refractivity contribution in [3.8, 4) is 0 Å². The molecule has 0 amide bonds. The van der Waals surface area contributed by atoms with Crippen LogP contribution in [0.2, 0.25) is 0 Å². The molecular weight excluding hydrogens is 1430 g/mol. The van der Waals surface area contributed by atoms with Gasteiger partial charge in [-0.2, -0.15) is 0 Å². The van der Waals surface area contributed by atoms with Crippen LogP contribution in [-0.2, 0) is 113 Å². The van der Waals surface area contributed by atoms with E-state index in [4.69, 9.17) is 40.2 Å². The molecule has 0 fully saturated rings. The Labute approximate surface area is 654 Å². The summed E-state index contributed by atoms with van der Waals surface area (Å²) in [5.41, 5.74) is 20.6. The number of aromatic nitrogens is 16. The van der Waals surface area contributed by atoms with E-state index >= 15 is 0 Å². The molecule has 0 atom stereocenters. The lowest BCUT2D eigenvalue weighted by Gasteiger charge is -2.09. The zero-order valence-electron chi connectivity index (χ0n) is 68.7. The van der Waals surface area contributed by atoms with Crippen LogP contribution >= 0.6 is 0 Å². The predicted molar refractivity (Wildman–Crippen MR) is 418 cm³/mol. The summed E-state index contributed by atoms with van der Waals surface area (Å²) >= 11 is 0. The SMILES string of the molecule is Cc1n(C)c2ccccc2[n+]1C.Cc1n(C)c2ccccc2[n+]1C.Cc1n(C)c2ccccc2[n+]1C.Cc1n(C)c2ccccc2[n+]1C.Cc1n(C)c2ccccc2[n+]1C.Cc1n(C)c2ccccc2[n+]1C.Cc1n(C)c2ccccc2[n+]1C.Cc1n(C)c2ccccc2[n+]1C.[O-]B([O-])F.[O-]B([O-])F.[O-]B([O-])F.[O-]B([O-])F. The van der Waals surface area contributed by atoms with Crippen LogP contribution in [0.4, 0.5) is 17.3 Å². The molecule has 0 N–H and O–H groups in total. The molecule has 112 heavy (non-hydrogen) atoms. The fourth-order valence-corrected chi connectivity index (χ4v) is 12.8. The predicted octanol–water partition coefficient (Wildman–Crippen LogP) is 1.14. The van der Waals surface area contributed by atoms with Gasteiger partial charge in [-0.15, -0.1) is 0 Å². The van der Waals surface area contributed by atoms with Crippen molar-refractivity contribution >= 4 is 118 Å². The van der Waals surface area contributed by atoms with Crippen molar-refractivity contribution in [2.24, 2.45) is 113 Å². The fourth-order valence-electron chi connectivity index (χ4n) is 12.8. The average molecular weight is 1540 g/mol. The van der Waals surface area contributed by atoms with Gasteiger partial charge in [-0.05, 0) is 97.1 Å². The zero-order valence-corrected chi connectivity index (χ0v) is 68.7. The largest absolute Gasteiger partial charge is 0.867 e. The molecule has 0 spiro atoms. The fraction of sp³-hybridized carbons (Fsp3) is 0.300. The van der Waals surface area contributed by atoms with Gasteiger partial charge in [0.25, 0.3) is 46.6 Å². The van der Waals surface area contributed by atoms with Gasteiger partial charge in [0.2, 0.25) is 0 Å². The third kappa shape index (κ3) is 22.7. The van der Waals surface area contributed by atoms with Gasteiger partial charge < -0.3 is 57.5 Å². The average Bonchev–Trinajstić information content (AvgIpc) is 1.73. The maximum atomic E-state index is 9.89. The molecule has 0 bridgehead atoms. The Morgan fingerprint density at radius 2 is 0.259 bits per heavy atom. The lowest BCUT2D eigenvalue weighted by Crippen LogP contribution is -2.39. The Morgan fingerprint density at radius 3 is 0.330 bits per heavy atom. The molecule has 0 radical (unpaired) electrons. The number of hydrogen-bond donors (Lipinski definition) is 0. The number of para-hydroxylation sites is 16. The molecule has 16 rings (SSSR count). The lowest BCUT2D eigenvalue weighted by molar-refractivity contribution is -0.652. The molecule has 8 heterocycles. The Kier molecular flexibility index (Phi) is 34.4. The van der Waals surface area contributed by atoms with Crippen LogP contribution in [0.3, 0.4) is 0 Å². The van der Waals surface area contributed by atoms with Gasteiger partial charge >= 0.3 is 0 Å². The van der Waals surface area contributed by atoms with E-state index in [2.05, 4.69) is 435 Å².